The number of thioether (sulfide) groups is 1. The molecule has 2 aromatic carbocycles. The van der Waals surface area contributed by atoms with Crippen LogP contribution in [0.4, 0.5) is 0 Å². The lowest BCUT2D eigenvalue weighted by Crippen LogP contribution is -2.29. The molecule has 0 radical (unpaired) electrons. The highest BCUT2D eigenvalue weighted by molar-refractivity contribution is 7.99. The second-order valence-corrected chi connectivity index (χ2v) is 7.74. The number of unbranched alkanes of at least 4 members (excludes halogenated alkanes) is 1. The van der Waals surface area contributed by atoms with Gasteiger partial charge in [0.05, 0.1) is 5.75 Å². The summed E-state index contributed by atoms with van der Waals surface area (Å²) in [5.74, 6) is 1.23. The Hall–Kier alpha value is -2.60. The van der Waals surface area contributed by atoms with Gasteiger partial charge in [-0.3, -0.25) is 9.36 Å². The van der Waals surface area contributed by atoms with Crippen molar-refractivity contribution in [1.82, 2.24) is 19.7 Å². The fourth-order valence-electron chi connectivity index (χ4n) is 2.82. The van der Waals surface area contributed by atoms with Gasteiger partial charge in [-0.1, -0.05) is 73.1 Å². The summed E-state index contributed by atoms with van der Waals surface area (Å²) in [4.78, 5) is 14.2. The molecule has 0 N–H and O–H groups in total. The standard InChI is InChI=1S/C22H26N4OS/c1-4-5-15-25(3)20(27)16-28-22-24-23-21(18-9-7-6-8-10-18)26(22)19-13-11-17(2)12-14-19/h6-14H,4-5,15-16H2,1-3H3. The first kappa shape index (κ1) is 20.1. The minimum atomic E-state index is 0.109. The number of hydrogen-bond donors (Lipinski definition) is 0. The Labute approximate surface area is 170 Å². The number of rotatable bonds is 8. The molecule has 6 heteroatoms. The molecule has 0 atom stereocenters. The average Bonchev–Trinajstić information content (AvgIpc) is 3.15. The molecular formula is C22H26N4OS. The van der Waals surface area contributed by atoms with Crippen LogP contribution in [0.1, 0.15) is 25.3 Å². The summed E-state index contributed by atoms with van der Waals surface area (Å²) in [6.07, 6.45) is 2.09. The van der Waals surface area contributed by atoms with Crippen LogP contribution < -0.4 is 0 Å². The number of nitrogens with zero attached hydrogens (tertiary/aromatic N) is 4. The van der Waals surface area contributed by atoms with Gasteiger partial charge in [0.25, 0.3) is 0 Å². The van der Waals surface area contributed by atoms with Crippen molar-refractivity contribution in [3.63, 3.8) is 0 Å². The Bertz CT molecular complexity index is 906. The molecule has 1 aromatic heterocycles. The molecule has 28 heavy (non-hydrogen) atoms. The quantitative estimate of drug-likeness (QED) is 0.524. The third-order valence-electron chi connectivity index (χ3n) is 4.56. The number of carbonyl (C=O) groups is 1. The molecule has 5 nitrogen and oxygen atoms in total. The molecule has 0 aliphatic heterocycles. The van der Waals surface area contributed by atoms with Crippen LogP contribution in [0, 0.1) is 6.92 Å². The third-order valence-corrected chi connectivity index (χ3v) is 5.47. The summed E-state index contributed by atoms with van der Waals surface area (Å²) in [5, 5.41) is 9.54. The van der Waals surface area contributed by atoms with E-state index < -0.39 is 0 Å². The van der Waals surface area contributed by atoms with E-state index in [0.29, 0.717) is 5.75 Å². The van der Waals surface area contributed by atoms with Crippen LogP contribution in [0.5, 0.6) is 0 Å². The molecule has 1 heterocycles. The van der Waals surface area contributed by atoms with Crippen molar-refractivity contribution in [2.24, 2.45) is 0 Å². The van der Waals surface area contributed by atoms with Gasteiger partial charge in [-0.05, 0) is 25.5 Å². The van der Waals surface area contributed by atoms with Crippen LogP contribution in [-0.4, -0.2) is 44.9 Å². The fourth-order valence-corrected chi connectivity index (χ4v) is 3.71. The SMILES string of the molecule is CCCCN(C)C(=O)CSc1nnc(-c2ccccc2)n1-c1ccc(C)cc1. The van der Waals surface area contributed by atoms with E-state index in [1.807, 2.05) is 41.9 Å². The van der Waals surface area contributed by atoms with Gasteiger partial charge < -0.3 is 4.90 Å². The fraction of sp³-hybridized carbons (Fsp3) is 0.318. The van der Waals surface area contributed by atoms with Crippen LogP contribution in [0.3, 0.4) is 0 Å². The van der Waals surface area contributed by atoms with Gasteiger partial charge in [0, 0.05) is 24.8 Å². The maximum Gasteiger partial charge on any atom is 0.232 e. The zero-order valence-corrected chi connectivity index (χ0v) is 17.4. The Kier molecular flexibility index (Phi) is 6.87. The first-order chi connectivity index (χ1) is 13.6. The number of aryl methyl sites for hydroxylation is 1. The minimum Gasteiger partial charge on any atom is -0.345 e. The molecule has 0 saturated carbocycles. The van der Waals surface area contributed by atoms with Gasteiger partial charge in [0.1, 0.15) is 0 Å². The molecule has 0 unspecified atom stereocenters. The Balaban J connectivity index is 1.88. The summed E-state index contributed by atoms with van der Waals surface area (Å²) in [7, 11) is 1.86. The highest BCUT2D eigenvalue weighted by Gasteiger charge is 2.18. The van der Waals surface area contributed by atoms with E-state index in [1.54, 1.807) is 4.90 Å². The van der Waals surface area contributed by atoms with E-state index >= 15 is 0 Å². The normalized spacial score (nSPS) is 10.8. The number of amides is 1. The summed E-state index contributed by atoms with van der Waals surface area (Å²) in [6, 6.07) is 18.3. The van der Waals surface area contributed by atoms with Crippen LogP contribution in [0.25, 0.3) is 17.1 Å². The van der Waals surface area contributed by atoms with Crippen LogP contribution in [0.15, 0.2) is 59.8 Å². The van der Waals surface area contributed by atoms with E-state index in [2.05, 4.69) is 48.3 Å². The smallest absolute Gasteiger partial charge is 0.232 e. The van der Waals surface area contributed by atoms with Gasteiger partial charge in [-0.25, -0.2) is 0 Å². The predicted molar refractivity (Wildman–Crippen MR) is 115 cm³/mol. The highest BCUT2D eigenvalue weighted by Crippen LogP contribution is 2.28. The Morgan fingerprint density at radius 2 is 1.79 bits per heavy atom. The van der Waals surface area contributed by atoms with E-state index in [1.165, 1.54) is 17.3 Å². The number of benzene rings is 2. The van der Waals surface area contributed by atoms with Gasteiger partial charge in [-0.15, -0.1) is 10.2 Å². The summed E-state index contributed by atoms with van der Waals surface area (Å²) in [5.41, 5.74) is 3.18. The molecule has 0 fully saturated rings. The van der Waals surface area contributed by atoms with Gasteiger partial charge in [0.15, 0.2) is 11.0 Å². The van der Waals surface area contributed by atoms with Crippen LogP contribution >= 0.6 is 11.8 Å². The summed E-state index contributed by atoms with van der Waals surface area (Å²) < 4.78 is 2.03. The topological polar surface area (TPSA) is 51.0 Å². The molecule has 146 valence electrons. The third kappa shape index (κ3) is 4.81. The van der Waals surface area contributed by atoms with E-state index in [0.717, 1.165) is 41.6 Å². The molecule has 1 amide bonds. The Morgan fingerprint density at radius 3 is 2.46 bits per heavy atom. The number of hydrogen-bond acceptors (Lipinski definition) is 4. The summed E-state index contributed by atoms with van der Waals surface area (Å²) in [6.45, 7) is 4.98. The van der Waals surface area contributed by atoms with Crippen LogP contribution in [0.2, 0.25) is 0 Å². The molecular weight excluding hydrogens is 368 g/mol. The van der Waals surface area contributed by atoms with Gasteiger partial charge >= 0.3 is 0 Å². The first-order valence-electron chi connectivity index (χ1n) is 9.54. The van der Waals surface area contributed by atoms with Crippen molar-refractivity contribution in [1.29, 1.82) is 0 Å². The lowest BCUT2D eigenvalue weighted by Gasteiger charge is -2.16. The molecule has 0 aliphatic carbocycles. The molecule has 3 rings (SSSR count). The summed E-state index contributed by atoms with van der Waals surface area (Å²) >= 11 is 1.43. The monoisotopic (exact) mass is 394 g/mol. The maximum absolute atomic E-state index is 12.4. The largest absolute Gasteiger partial charge is 0.345 e. The van der Waals surface area contributed by atoms with Crippen molar-refractivity contribution < 1.29 is 4.79 Å². The van der Waals surface area contributed by atoms with Crippen molar-refractivity contribution in [2.45, 2.75) is 31.8 Å². The van der Waals surface area contributed by atoms with Crippen molar-refractivity contribution in [3.8, 4) is 17.1 Å². The average molecular weight is 395 g/mol. The highest BCUT2D eigenvalue weighted by atomic mass is 32.2. The molecule has 0 aliphatic rings. The maximum atomic E-state index is 12.4. The lowest BCUT2D eigenvalue weighted by molar-refractivity contribution is -0.127. The van der Waals surface area contributed by atoms with Gasteiger partial charge in [-0.2, -0.15) is 0 Å². The second kappa shape index (κ2) is 9.55. The van der Waals surface area contributed by atoms with Crippen molar-refractivity contribution in [2.75, 3.05) is 19.3 Å². The van der Waals surface area contributed by atoms with Crippen molar-refractivity contribution in [3.05, 3.63) is 60.2 Å². The van der Waals surface area contributed by atoms with E-state index in [9.17, 15) is 4.79 Å². The van der Waals surface area contributed by atoms with Crippen LogP contribution in [-0.2, 0) is 4.79 Å². The van der Waals surface area contributed by atoms with Crippen molar-refractivity contribution >= 4 is 17.7 Å². The molecule has 0 spiro atoms. The van der Waals surface area contributed by atoms with E-state index in [4.69, 9.17) is 0 Å². The molecule has 3 aromatic rings. The predicted octanol–water partition coefficient (Wildman–Crippen LogP) is 4.59. The minimum absolute atomic E-state index is 0.109. The van der Waals surface area contributed by atoms with E-state index in [-0.39, 0.29) is 5.91 Å². The number of aromatic nitrogens is 3. The first-order valence-corrected chi connectivity index (χ1v) is 10.5. The number of carbonyl (C=O) groups excluding carboxylic acids is 1. The zero-order chi connectivity index (χ0) is 19.9. The lowest BCUT2D eigenvalue weighted by atomic mass is 10.2. The van der Waals surface area contributed by atoms with Gasteiger partial charge in [0.2, 0.25) is 5.91 Å². The Morgan fingerprint density at radius 1 is 1.07 bits per heavy atom. The molecule has 0 saturated heterocycles. The molecule has 0 bridgehead atoms. The zero-order valence-electron chi connectivity index (χ0n) is 16.6. The second-order valence-electron chi connectivity index (χ2n) is 6.80.